The Kier molecular flexibility index (Phi) is 4.53. The second-order valence-electron chi connectivity index (χ2n) is 7.77. The molecule has 1 fully saturated rings. The van der Waals surface area contributed by atoms with Crippen molar-refractivity contribution in [3.05, 3.63) is 52.7 Å². The molecule has 4 rings (SSSR count). The number of hydrogen-bond acceptors (Lipinski definition) is 6. The van der Waals surface area contributed by atoms with Gasteiger partial charge in [0.2, 0.25) is 5.91 Å². The highest BCUT2D eigenvalue weighted by Gasteiger charge is 2.49. The molecule has 1 amide bonds. The van der Waals surface area contributed by atoms with E-state index in [1.165, 1.54) is 6.92 Å². The molecule has 1 aliphatic carbocycles. The van der Waals surface area contributed by atoms with E-state index in [2.05, 4.69) is 15.5 Å². The summed E-state index contributed by atoms with van der Waals surface area (Å²) in [4.78, 5) is 11.4. The maximum atomic E-state index is 11.4. The molecule has 4 N–H and O–H groups in total. The van der Waals surface area contributed by atoms with Crippen LogP contribution < -0.4 is 11.1 Å². The molecule has 0 bridgehead atoms. The number of nitrogens with zero attached hydrogens (tertiary/aromatic N) is 2. The zero-order chi connectivity index (χ0) is 19.9. The topological polar surface area (TPSA) is 101 Å². The number of amides is 1. The van der Waals surface area contributed by atoms with Gasteiger partial charge in [-0.2, -0.15) is 11.3 Å². The van der Waals surface area contributed by atoms with E-state index >= 15 is 0 Å². The van der Waals surface area contributed by atoms with E-state index in [0.29, 0.717) is 18.7 Å². The number of aromatic nitrogens is 2. The van der Waals surface area contributed by atoms with Gasteiger partial charge < -0.3 is 16.2 Å². The number of carbonyl (C=O) groups excluding carboxylic acids is 1. The van der Waals surface area contributed by atoms with Gasteiger partial charge in [0.25, 0.3) is 0 Å². The Balaban J connectivity index is 1.70. The standard InChI is InChI=1S/C21H22N4O2S/c1-13(26)23-18-9-17(15-7-8-28-10-15)19(25-24-18)14-3-5-16(6-4-14)21(22)11-20(2,27)12-21/h3-10,27H,11-12,22H2,1-2H3,(H,23,24,26). The summed E-state index contributed by atoms with van der Waals surface area (Å²) in [6.45, 7) is 3.25. The Labute approximate surface area is 167 Å². The van der Waals surface area contributed by atoms with Crippen molar-refractivity contribution in [1.29, 1.82) is 0 Å². The summed E-state index contributed by atoms with van der Waals surface area (Å²) in [6.07, 6.45) is 1.09. The third-order valence-corrected chi connectivity index (χ3v) is 5.74. The highest BCUT2D eigenvalue weighted by Crippen LogP contribution is 2.46. The van der Waals surface area contributed by atoms with E-state index in [1.54, 1.807) is 11.3 Å². The van der Waals surface area contributed by atoms with Crippen molar-refractivity contribution in [1.82, 2.24) is 10.2 Å². The fourth-order valence-electron chi connectivity index (χ4n) is 3.96. The maximum Gasteiger partial charge on any atom is 0.222 e. The number of rotatable bonds is 4. The second-order valence-corrected chi connectivity index (χ2v) is 8.55. The first kappa shape index (κ1) is 18.7. The van der Waals surface area contributed by atoms with Crippen LogP contribution in [0.2, 0.25) is 0 Å². The van der Waals surface area contributed by atoms with Crippen LogP contribution in [-0.2, 0) is 10.3 Å². The zero-order valence-corrected chi connectivity index (χ0v) is 16.6. The average molecular weight is 395 g/mol. The minimum atomic E-state index is -0.690. The van der Waals surface area contributed by atoms with Gasteiger partial charge in [-0.3, -0.25) is 4.79 Å². The van der Waals surface area contributed by atoms with Crippen molar-refractivity contribution in [2.24, 2.45) is 5.73 Å². The lowest BCUT2D eigenvalue weighted by atomic mass is 9.63. The third kappa shape index (κ3) is 3.56. The molecule has 1 aromatic carbocycles. The number of nitrogens with one attached hydrogen (secondary N) is 1. The lowest BCUT2D eigenvalue weighted by Gasteiger charge is -2.49. The van der Waals surface area contributed by atoms with Crippen LogP contribution >= 0.6 is 11.3 Å². The van der Waals surface area contributed by atoms with Gasteiger partial charge in [0, 0.05) is 23.6 Å². The number of thiophene rings is 1. The first-order valence-electron chi connectivity index (χ1n) is 9.06. The Morgan fingerprint density at radius 1 is 1.18 bits per heavy atom. The van der Waals surface area contributed by atoms with Crippen LogP contribution in [0.1, 0.15) is 32.3 Å². The first-order valence-corrected chi connectivity index (χ1v) is 10.0. The molecule has 0 aliphatic heterocycles. The van der Waals surface area contributed by atoms with Crippen LogP contribution in [0.25, 0.3) is 22.4 Å². The molecule has 1 saturated carbocycles. The Hall–Kier alpha value is -2.61. The average Bonchev–Trinajstić information content (AvgIpc) is 3.14. The summed E-state index contributed by atoms with van der Waals surface area (Å²) >= 11 is 1.60. The van der Waals surface area contributed by atoms with Gasteiger partial charge in [-0.1, -0.05) is 24.3 Å². The lowest BCUT2D eigenvalue weighted by Crippen LogP contribution is -2.58. The Morgan fingerprint density at radius 3 is 2.46 bits per heavy atom. The summed E-state index contributed by atoms with van der Waals surface area (Å²) in [7, 11) is 0. The first-order chi connectivity index (χ1) is 13.3. The van der Waals surface area contributed by atoms with Crippen LogP contribution in [0.4, 0.5) is 5.82 Å². The molecule has 2 aromatic heterocycles. The molecule has 1 aliphatic rings. The second kappa shape index (κ2) is 6.77. The molecule has 2 heterocycles. The molecule has 0 spiro atoms. The fourth-order valence-corrected chi connectivity index (χ4v) is 4.61. The lowest BCUT2D eigenvalue weighted by molar-refractivity contribution is -0.114. The molecular weight excluding hydrogens is 372 g/mol. The van der Waals surface area contributed by atoms with Gasteiger partial charge in [-0.15, -0.1) is 10.2 Å². The van der Waals surface area contributed by atoms with Gasteiger partial charge in [0.05, 0.1) is 5.60 Å². The zero-order valence-electron chi connectivity index (χ0n) is 15.8. The molecule has 7 heteroatoms. The molecule has 6 nitrogen and oxygen atoms in total. The van der Waals surface area contributed by atoms with Gasteiger partial charge in [-0.25, -0.2) is 0 Å². The van der Waals surface area contributed by atoms with Crippen LogP contribution in [0.3, 0.4) is 0 Å². The number of anilines is 1. The minimum absolute atomic E-state index is 0.188. The molecule has 0 atom stereocenters. The van der Waals surface area contributed by atoms with Gasteiger partial charge in [0.15, 0.2) is 5.82 Å². The number of nitrogens with two attached hydrogens (primary N) is 1. The predicted molar refractivity (Wildman–Crippen MR) is 111 cm³/mol. The highest BCUT2D eigenvalue weighted by atomic mass is 32.1. The summed E-state index contributed by atoms with van der Waals surface area (Å²) < 4.78 is 0. The summed E-state index contributed by atoms with van der Waals surface area (Å²) in [5.41, 5.74) is 9.85. The van der Waals surface area contributed by atoms with Crippen molar-refractivity contribution in [3.63, 3.8) is 0 Å². The van der Waals surface area contributed by atoms with Crippen molar-refractivity contribution in [2.45, 2.75) is 37.8 Å². The van der Waals surface area contributed by atoms with Gasteiger partial charge in [0.1, 0.15) is 5.69 Å². The number of carbonyl (C=O) groups is 1. The monoisotopic (exact) mass is 394 g/mol. The normalized spacial score (nSPS) is 23.9. The molecule has 28 heavy (non-hydrogen) atoms. The van der Waals surface area contributed by atoms with Crippen LogP contribution in [0.15, 0.2) is 47.2 Å². The predicted octanol–water partition coefficient (Wildman–Crippen LogP) is 3.53. The molecule has 3 aromatic rings. The van der Waals surface area contributed by atoms with Gasteiger partial charge in [-0.05, 0) is 53.8 Å². The number of benzene rings is 1. The summed E-state index contributed by atoms with van der Waals surface area (Å²) in [6, 6.07) is 11.8. The van der Waals surface area contributed by atoms with Crippen LogP contribution in [0, 0.1) is 0 Å². The van der Waals surface area contributed by atoms with Crippen molar-refractivity contribution < 1.29 is 9.90 Å². The largest absolute Gasteiger partial charge is 0.390 e. The molecule has 0 radical (unpaired) electrons. The van der Waals surface area contributed by atoms with E-state index in [1.807, 2.05) is 54.1 Å². The Bertz CT molecular complexity index is 1010. The van der Waals surface area contributed by atoms with Crippen LogP contribution in [-0.4, -0.2) is 26.8 Å². The SMILES string of the molecule is CC(=O)Nc1cc(-c2ccsc2)c(-c2ccc(C3(N)CC(C)(O)C3)cc2)nn1. The van der Waals surface area contributed by atoms with Crippen LogP contribution in [0.5, 0.6) is 0 Å². The summed E-state index contributed by atoms with van der Waals surface area (Å²) in [5, 5.41) is 25.3. The van der Waals surface area contributed by atoms with E-state index in [4.69, 9.17) is 5.73 Å². The van der Waals surface area contributed by atoms with E-state index < -0.39 is 11.1 Å². The van der Waals surface area contributed by atoms with Crippen molar-refractivity contribution >= 4 is 23.1 Å². The summed E-state index contributed by atoms with van der Waals surface area (Å²) in [5.74, 6) is 0.235. The quantitative estimate of drug-likeness (QED) is 0.628. The highest BCUT2D eigenvalue weighted by molar-refractivity contribution is 7.08. The molecule has 0 unspecified atom stereocenters. The fraction of sp³-hybridized carbons (Fsp3) is 0.286. The van der Waals surface area contributed by atoms with E-state index in [-0.39, 0.29) is 5.91 Å². The van der Waals surface area contributed by atoms with E-state index in [9.17, 15) is 9.90 Å². The number of hydrogen-bond donors (Lipinski definition) is 3. The smallest absolute Gasteiger partial charge is 0.222 e. The Morgan fingerprint density at radius 2 is 1.89 bits per heavy atom. The van der Waals surface area contributed by atoms with Crippen molar-refractivity contribution in [3.8, 4) is 22.4 Å². The molecule has 0 saturated heterocycles. The van der Waals surface area contributed by atoms with Gasteiger partial charge >= 0.3 is 0 Å². The third-order valence-electron chi connectivity index (χ3n) is 5.06. The maximum absolute atomic E-state index is 11.4. The molecular formula is C21H22N4O2S. The minimum Gasteiger partial charge on any atom is -0.390 e. The molecule has 144 valence electrons. The number of aliphatic hydroxyl groups is 1. The van der Waals surface area contributed by atoms with Crippen molar-refractivity contribution in [2.75, 3.05) is 5.32 Å². The van der Waals surface area contributed by atoms with E-state index in [0.717, 1.165) is 27.9 Å².